The number of likely N-dealkylation sites (tertiary alicyclic amines) is 2. The minimum atomic E-state index is 0.120. The molecule has 4 nitrogen and oxygen atoms in total. The van der Waals surface area contributed by atoms with Crippen molar-refractivity contribution in [1.29, 1.82) is 0 Å². The zero-order valence-electron chi connectivity index (χ0n) is 17.6. The molecule has 0 spiro atoms. The molecule has 2 aliphatic heterocycles. The van der Waals surface area contributed by atoms with Crippen LogP contribution in [0.1, 0.15) is 50.7 Å². The number of aromatic nitrogens is 1. The molecule has 152 valence electrons. The predicted molar refractivity (Wildman–Crippen MR) is 116 cm³/mol. The first kappa shape index (κ1) is 18.7. The molecule has 2 bridgehead atoms. The molecule has 0 unspecified atom stereocenters. The van der Waals surface area contributed by atoms with Gasteiger partial charge in [-0.25, -0.2) is 4.79 Å². The first-order valence-corrected chi connectivity index (χ1v) is 11.2. The Hall–Kier alpha value is -2.36. The number of fused-ring (bicyclic) bond motifs is 4. The third kappa shape index (κ3) is 3.04. The van der Waals surface area contributed by atoms with E-state index in [2.05, 4.69) is 52.9 Å². The average molecular weight is 390 g/mol. The number of carbonyl (C=O) groups is 1. The number of pyridine rings is 1. The van der Waals surface area contributed by atoms with Gasteiger partial charge in [0.05, 0.1) is 0 Å². The van der Waals surface area contributed by atoms with Crippen LogP contribution in [0.2, 0.25) is 0 Å². The maximum atomic E-state index is 13.3. The summed E-state index contributed by atoms with van der Waals surface area (Å²) in [5, 5.41) is 0. The Labute approximate surface area is 173 Å². The van der Waals surface area contributed by atoms with Crippen LogP contribution in [0.25, 0.3) is 11.1 Å². The molecular weight excluding hydrogens is 358 g/mol. The smallest absolute Gasteiger partial charge is 0.320 e. The summed E-state index contributed by atoms with van der Waals surface area (Å²) in [7, 11) is 0. The molecule has 29 heavy (non-hydrogen) atoms. The van der Waals surface area contributed by atoms with E-state index >= 15 is 0 Å². The summed E-state index contributed by atoms with van der Waals surface area (Å²) >= 11 is 0. The Balaban J connectivity index is 1.47. The van der Waals surface area contributed by atoms with Crippen LogP contribution >= 0.6 is 0 Å². The Morgan fingerprint density at radius 2 is 1.93 bits per heavy atom. The van der Waals surface area contributed by atoms with Gasteiger partial charge in [0.2, 0.25) is 0 Å². The number of rotatable bonds is 1. The summed E-state index contributed by atoms with van der Waals surface area (Å²) in [5.41, 5.74) is 5.43. The standard InChI is InChI=1S/C25H31N3O/c1-18-23-16-20-9-8-19(21-7-6-11-26-17-21)15-22(20)25(18,2)10-14-28(23)24(29)27-12-4-3-5-13-27/h6-9,11,15,17-18,23H,3-5,10,12-14,16H2,1-2H3/t18-,23-,25-/m1/s1. The Bertz CT molecular complexity index is 906. The molecule has 2 aromatic rings. The summed E-state index contributed by atoms with van der Waals surface area (Å²) in [6.45, 7) is 7.51. The van der Waals surface area contributed by atoms with Crippen LogP contribution in [0.3, 0.4) is 0 Å². The van der Waals surface area contributed by atoms with Crippen molar-refractivity contribution in [3.05, 3.63) is 53.9 Å². The third-order valence-corrected chi connectivity index (χ3v) is 7.88. The van der Waals surface area contributed by atoms with Crippen molar-refractivity contribution in [2.75, 3.05) is 19.6 Å². The lowest BCUT2D eigenvalue weighted by Gasteiger charge is -2.55. The molecule has 2 amide bonds. The molecule has 4 heteroatoms. The van der Waals surface area contributed by atoms with Gasteiger partial charge >= 0.3 is 6.03 Å². The summed E-state index contributed by atoms with van der Waals surface area (Å²) in [5.74, 6) is 0.460. The topological polar surface area (TPSA) is 36.4 Å². The molecule has 0 saturated carbocycles. The molecule has 0 N–H and O–H groups in total. The highest BCUT2D eigenvalue weighted by Crippen LogP contribution is 2.49. The maximum absolute atomic E-state index is 13.3. The fraction of sp³-hybridized carbons (Fsp3) is 0.520. The molecule has 2 fully saturated rings. The lowest BCUT2D eigenvalue weighted by Crippen LogP contribution is -2.62. The van der Waals surface area contributed by atoms with Crippen molar-refractivity contribution < 1.29 is 4.79 Å². The molecule has 1 aliphatic carbocycles. The van der Waals surface area contributed by atoms with Crippen molar-refractivity contribution in [3.63, 3.8) is 0 Å². The SMILES string of the molecule is C[C@@H]1[C@H]2Cc3ccc(-c4cccnc4)cc3[C@]1(C)CCN2C(=O)N1CCCCC1. The van der Waals surface area contributed by atoms with Crippen LogP contribution in [-0.2, 0) is 11.8 Å². The Morgan fingerprint density at radius 1 is 1.10 bits per heavy atom. The highest BCUT2D eigenvalue weighted by molar-refractivity contribution is 5.75. The van der Waals surface area contributed by atoms with Gasteiger partial charge < -0.3 is 9.80 Å². The maximum Gasteiger partial charge on any atom is 0.320 e. The fourth-order valence-electron chi connectivity index (χ4n) is 5.84. The van der Waals surface area contributed by atoms with Crippen molar-refractivity contribution in [2.45, 2.75) is 57.4 Å². The molecule has 0 radical (unpaired) electrons. The van der Waals surface area contributed by atoms with Crippen molar-refractivity contribution >= 4 is 6.03 Å². The van der Waals surface area contributed by atoms with Gasteiger partial charge in [-0.05, 0) is 71.8 Å². The zero-order chi connectivity index (χ0) is 20.0. The molecule has 3 atom stereocenters. The van der Waals surface area contributed by atoms with Crippen molar-refractivity contribution in [2.24, 2.45) is 5.92 Å². The summed E-state index contributed by atoms with van der Waals surface area (Å²) in [4.78, 5) is 21.9. The van der Waals surface area contributed by atoms with E-state index < -0.39 is 0 Å². The summed E-state index contributed by atoms with van der Waals surface area (Å²) < 4.78 is 0. The minimum absolute atomic E-state index is 0.120. The van der Waals surface area contributed by atoms with Crippen LogP contribution in [0.4, 0.5) is 4.79 Å². The number of hydrogen-bond donors (Lipinski definition) is 0. The number of urea groups is 1. The van der Waals surface area contributed by atoms with Gasteiger partial charge in [-0.1, -0.05) is 38.1 Å². The van der Waals surface area contributed by atoms with E-state index in [1.165, 1.54) is 28.7 Å². The number of carbonyl (C=O) groups excluding carboxylic acids is 1. The highest BCUT2D eigenvalue weighted by Gasteiger charge is 2.50. The third-order valence-electron chi connectivity index (χ3n) is 7.88. The first-order valence-electron chi connectivity index (χ1n) is 11.2. The van der Waals surface area contributed by atoms with Crippen molar-refractivity contribution in [3.8, 4) is 11.1 Å². The molecule has 2 saturated heterocycles. The van der Waals surface area contributed by atoms with Crippen LogP contribution < -0.4 is 0 Å². The first-order chi connectivity index (χ1) is 14.1. The normalized spacial score (nSPS) is 28.8. The number of amides is 2. The number of piperidine rings is 2. The quantitative estimate of drug-likeness (QED) is 0.697. The van der Waals surface area contributed by atoms with Crippen LogP contribution in [0.15, 0.2) is 42.7 Å². The number of hydrogen-bond acceptors (Lipinski definition) is 2. The second kappa shape index (κ2) is 7.16. The second-order valence-electron chi connectivity index (χ2n) is 9.36. The van der Waals surface area contributed by atoms with E-state index in [0.717, 1.165) is 45.3 Å². The fourth-order valence-corrected chi connectivity index (χ4v) is 5.84. The molecule has 1 aromatic heterocycles. The molecule has 1 aromatic carbocycles. The Morgan fingerprint density at radius 3 is 2.69 bits per heavy atom. The van der Waals surface area contributed by atoms with E-state index in [-0.39, 0.29) is 11.4 Å². The van der Waals surface area contributed by atoms with Gasteiger partial charge in [-0.15, -0.1) is 0 Å². The largest absolute Gasteiger partial charge is 0.325 e. The van der Waals surface area contributed by atoms with Gasteiger partial charge in [0.15, 0.2) is 0 Å². The Kier molecular flexibility index (Phi) is 4.60. The van der Waals surface area contributed by atoms with E-state index in [1.807, 2.05) is 18.5 Å². The second-order valence-corrected chi connectivity index (χ2v) is 9.36. The summed E-state index contributed by atoms with van der Waals surface area (Å²) in [6.07, 6.45) is 9.33. The number of nitrogens with zero attached hydrogens (tertiary/aromatic N) is 3. The van der Waals surface area contributed by atoms with Gasteiger partial charge in [0, 0.05) is 38.1 Å². The molecular formula is C25H31N3O. The van der Waals surface area contributed by atoms with E-state index in [0.29, 0.717) is 12.0 Å². The van der Waals surface area contributed by atoms with Gasteiger partial charge in [0.1, 0.15) is 0 Å². The van der Waals surface area contributed by atoms with Crippen LogP contribution in [0.5, 0.6) is 0 Å². The monoisotopic (exact) mass is 389 g/mol. The van der Waals surface area contributed by atoms with E-state index in [4.69, 9.17) is 0 Å². The van der Waals surface area contributed by atoms with Crippen LogP contribution in [-0.4, -0.2) is 46.5 Å². The molecule has 5 rings (SSSR count). The van der Waals surface area contributed by atoms with Gasteiger partial charge in [-0.2, -0.15) is 0 Å². The molecule has 3 aliphatic rings. The van der Waals surface area contributed by atoms with Crippen LogP contribution in [0, 0.1) is 5.92 Å². The van der Waals surface area contributed by atoms with Gasteiger partial charge in [-0.3, -0.25) is 4.98 Å². The van der Waals surface area contributed by atoms with E-state index in [9.17, 15) is 4.79 Å². The predicted octanol–water partition coefficient (Wildman–Crippen LogP) is 4.88. The lowest BCUT2D eigenvalue weighted by molar-refractivity contribution is 0.0386. The van der Waals surface area contributed by atoms with E-state index in [1.54, 1.807) is 0 Å². The van der Waals surface area contributed by atoms with Crippen molar-refractivity contribution in [1.82, 2.24) is 14.8 Å². The minimum Gasteiger partial charge on any atom is -0.325 e. The highest BCUT2D eigenvalue weighted by atomic mass is 16.2. The average Bonchev–Trinajstić information content (AvgIpc) is 2.77. The summed E-state index contributed by atoms with van der Waals surface area (Å²) in [6, 6.07) is 11.6. The lowest BCUT2D eigenvalue weighted by atomic mass is 9.59. The zero-order valence-corrected chi connectivity index (χ0v) is 17.6. The number of benzene rings is 1. The molecule has 3 heterocycles. The van der Waals surface area contributed by atoms with Gasteiger partial charge in [0.25, 0.3) is 0 Å².